The third-order valence-corrected chi connectivity index (χ3v) is 2.56. The van der Waals surface area contributed by atoms with Crippen LogP contribution in [0.25, 0.3) is 0 Å². The Labute approximate surface area is 96.8 Å². The van der Waals surface area contributed by atoms with Gasteiger partial charge < -0.3 is 10.1 Å². The Morgan fingerprint density at radius 1 is 1.25 bits per heavy atom. The van der Waals surface area contributed by atoms with Gasteiger partial charge >= 0.3 is 0 Å². The van der Waals surface area contributed by atoms with E-state index < -0.39 is 0 Å². The second-order valence-electron chi connectivity index (χ2n) is 4.02. The van der Waals surface area contributed by atoms with Gasteiger partial charge in [0.25, 0.3) is 0 Å². The lowest BCUT2D eigenvalue weighted by Gasteiger charge is -2.22. The molecule has 0 saturated heterocycles. The zero-order valence-electron chi connectivity index (χ0n) is 10.2. The van der Waals surface area contributed by atoms with E-state index in [1.165, 1.54) is 12.1 Å². The van der Waals surface area contributed by atoms with Crippen molar-refractivity contribution < 1.29 is 9.13 Å². The summed E-state index contributed by atoms with van der Waals surface area (Å²) in [6.45, 7) is 7.21. The number of halogens is 1. The molecular weight excluding hydrogens is 205 g/mol. The molecule has 1 rings (SSSR count). The van der Waals surface area contributed by atoms with E-state index in [0.717, 1.165) is 13.0 Å². The maximum atomic E-state index is 12.7. The molecule has 16 heavy (non-hydrogen) atoms. The third kappa shape index (κ3) is 4.19. The molecule has 0 aromatic heterocycles. The SMILES string of the molecule is CCCNC(C)C(C)Oc1ccc(F)cc1. The molecule has 0 spiro atoms. The van der Waals surface area contributed by atoms with Crippen LogP contribution in [0, 0.1) is 5.82 Å². The Bertz CT molecular complexity index is 299. The fraction of sp³-hybridized carbons (Fsp3) is 0.538. The second kappa shape index (κ2) is 6.48. The van der Waals surface area contributed by atoms with Crippen molar-refractivity contribution in [2.24, 2.45) is 0 Å². The number of hydrogen-bond acceptors (Lipinski definition) is 2. The zero-order valence-corrected chi connectivity index (χ0v) is 10.2. The Morgan fingerprint density at radius 3 is 2.44 bits per heavy atom. The molecule has 90 valence electrons. The molecule has 2 nitrogen and oxygen atoms in total. The second-order valence-corrected chi connectivity index (χ2v) is 4.02. The third-order valence-electron chi connectivity index (χ3n) is 2.56. The highest BCUT2D eigenvalue weighted by Gasteiger charge is 2.12. The van der Waals surface area contributed by atoms with E-state index in [2.05, 4.69) is 19.2 Å². The average Bonchev–Trinajstić information content (AvgIpc) is 2.29. The summed E-state index contributed by atoms with van der Waals surface area (Å²) in [5.74, 6) is 0.469. The summed E-state index contributed by atoms with van der Waals surface area (Å²) in [4.78, 5) is 0. The predicted molar refractivity (Wildman–Crippen MR) is 64.2 cm³/mol. The summed E-state index contributed by atoms with van der Waals surface area (Å²) in [5.41, 5.74) is 0. The molecule has 0 bridgehead atoms. The van der Waals surface area contributed by atoms with Crippen LogP contribution in [0.2, 0.25) is 0 Å². The van der Waals surface area contributed by atoms with Crippen molar-refractivity contribution in [1.29, 1.82) is 0 Å². The van der Waals surface area contributed by atoms with E-state index in [9.17, 15) is 4.39 Å². The molecule has 0 aliphatic heterocycles. The van der Waals surface area contributed by atoms with Crippen LogP contribution < -0.4 is 10.1 Å². The van der Waals surface area contributed by atoms with Gasteiger partial charge in [0.15, 0.2) is 0 Å². The van der Waals surface area contributed by atoms with Crippen LogP contribution in [0.5, 0.6) is 5.75 Å². The summed E-state index contributed by atoms with van der Waals surface area (Å²) < 4.78 is 18.4. The fourth-order valence-electron chi connectivity index (χ4n) is 1.37. The minimum Gasteiger partial charge on any atom is -0.489 e. The van der Waals surface area contributed by atoms with E-state index in [-0.39, 0.29) is 18.0 Å². The first kappa shape index (κ1) is 13.0. The van der Waals surface area contributed by atoms with Gasteiger partial charge in [-0.25, -0.2) is 4.39 Å². The molecule has 0 saturated carbocycles. The minimum atomic E-state index is -0.239. The van der Waals surface area contributed by atoms with Crippen molar-refractivity contribution in [2.45, 2.75) is 39.3 Å². The van der Waals surface area contributed by atoms with Gasteiger partial charge in [0, 0.05) is 6.04 Å². The minimum absolute atomic E-state index is 0.0667. The molecule has 2 atom stereocenters. The monoisotopic (exact) mass is 225 g/mol. The first-order valence-corrected chi connectivity index (χ1v) is 5.79. The highest BCUT2D eigenvalue weighted by atomic mass is 19.1. The van der Waals surface area contributed by atoms with Gasteiger partial charge in [-0.15, -0.1) is 0 Å². The van der Waals surface area contributed by atoms with E-state index in [0.29, 0.717) is 5.75 Å². The normalized spacial score (nSPS) is 14.5. The summed E-state index contributed by atoms with van der Waals surface area (Å²) in [6, 6.07) is 6.40. The summed E-state index contributed by atoms with van der Waals surface area (Å²) in [6.07, 6.45) is 1.17. The quantitative estimate of drug-likeness (QED) is 0.803. The van der Waals surface area contributed by atoms with Crippen molar-refractivity contribution in [2.75, 3.05) is 6.54 Å². The van der Waals surface area contributed by atoms with Crippen LogP contribution in [0.1, 0.15) is 27.2 Å². The van der Waals surface area contributed by atoms with Crippen LogP contribution >= 0.6 is 0 Å². The molecule has 0 fully saturated rings. The van der Waals surface area contributed by atoms with Crippen LogP contribution in [-0.4, -0.2) is 18.7 Å². The topological polar surface area (TPSA) is 21.3 Å². The molecule has 3 heteroatoms. The van der Waals surface area contributed by atoms with Gasteiger partial charge in [0.1, 0.15) is 17.7 Å². The highest BCUT2D eigenvalue weighted by molar-refractivity contribution is 5.22. The smallest absolute Gasteiger partial charge is 0.123 e. The van der Waals surface area contributed by atoms with Crippen molar-refractivity contribution in [1.82, 2.24) is 5.32 Å². The Kier molecular flexibility index (Phi) is 5.26. The van der Waals surface area contributed by atoms with Gasteiger partial charge in [0.2, 0.25) is 0 Å². The predicted octanol–water partition coefficient (Wildman–Crippen LogP) is 2.98. The van der Waals surface area contributed by atoms with Crippen molar-refractivity contribution in [3.63, 3.8) is 0 Å². The van der Waals surface area contributed by atoms with Gasteiger partial charge in [-0.3, -0.25) is 0 Å². The molecule has 1 aromatic rings. The average molecular weight is 225 g/mol. The molecule has 0 amide bonds. The van der Waals surface area contributed by atoms with Crippen LogP contribution in [0.4, 0.5) is 4.39 Å². The maximum absolute atomic E-state index is 12.7. The molecule has 0 heterocycles. The lowest BCUT2D eigenvalue weighted by Crippen LogP contribution is -2.39. The first-order valence-electron chi connectivity index (χ1n) is 5.79. The van der Waals surface area contributed by atoms with Crippen molar-refractivity contribution in [3.05, 3.63) is 30.1 Å². The largest absolute Gasteiger partial charge is 0.489 e. The number of nitrogens with one attached hydrogen (secondary N) is 1. The van der Waals surface area contributed by atoms with E-state index in [1.807, 2.05) is 6.92 Å². The number of ether oxygens (including phenoxy) is 1. The summed E-state index contributed by atoms with van der Waals surface area (Å²) in [7, 11) is 0. The van der Waals surface area contributed by atoms with Crippen LogP contribution in [0.15, 0.2) is 24.3 Å². The Balaban J connectivity index is 2.43. The Morgan fingerprint density at radius 2 is 1.88 bits per heavy atom. The van der Waals surface area contributed by atoms with E-state index in [4.69, 9.17) is 4.74 Å². The first-order chi connectivity index (χ1) is 7.63. The molecule has 0 aliphatic rings. The molecular formula is C13H20FNO. The lowest BCUT2D eigenvalue weighted by molar-refractivity contribution is 0.178. The summed E-state index contributed by atoms with van der Waals surface area (Å²) in [5, 5.41) is 3.36. The number of rotatable bonds is 6. The Hall–Kier alpha value is -1.09. The molecule has 1 N–H and O–H groups in total. The van der Waals surface area contributed by atoms with Gasteiger partial charge in [0.05, 0.1) is 0 Å². The van der Waals surface area contributed by atoms with E-state index >= 15 is 0 Å². The fourth-order valence-corrected chi connectivity index (χ4v) is 1.37. The van der Waals surface area contributed by atoms with Crippen molar-refractivity contribution in [3.8, 4) is 5.75 Å². The standard InChI is InChI=1S/C13H20FNO/c1-4-9-15-10(2)11(3)16-13-7-5-12(14)6-8-13/h5-8,10-11,15H,4,9H2,1-3H3. The van der Waals surface area contributed by atoms with Crippen LogP contribution in [0.3, 0.4) is 0 Å². The zero-order chi connectivity index (χ0) is 12.0. The number of hydrogen-bond donors (Lipinski definition) is 1. The molecule has 0 aliphatic carbocycles. The van der Waals surface area contributed by atoms with Crippen LogP contribution in [-0.2, 0) is 0 Å². The van der Waals surface area contributed by atoms with Gasteiger partial charge in [-0.2, -0.15) is 0 Å². The van der Waals surface area contributed by atoms with Gasteiger partial charge in [-0.1, -0.05) is 6.92 Å². The maximum Gasteiger partial charge on any atom is 0.123 e. The highest BCUT2D eigenvalue weighted by Crippen LogP contribution is 2.14. The summed E-state index contributed by atoms with van der Waals surface area (Å²) >= 11 is 0. The molecule has 0 radical (unpaired) electrons. The number of benzene rings is 1. The van der Waals surface area contributed by atoms with Gasteiger partial charge in [-0.05, 0) is 51.1 Å². The van der Waals surface area contributed by atoms with E-state index in [1.54, 1.807) is 12.1 Å². The van der Waals surface area contributed by atoms with Crippen molar-refractivity contribution >= 4 is 0 Å². The molecule has 2 unspecified atom stereocenters. The lowest BCUT2D eigenvalue weighted by atomic mass is 10.2. The molecule has 1 aromatic carbocycles.